The molecule has 0 spiro atoms. The molecule has 0 saturated carbocycles. The number of carbonyl (C=O) groups excluding carboxylic acids is 1. The largest absolute Gasteiger partial charge is 0.508 e. The van der Waals surface area contributed by atoms with Gasteiger partial charge in [0.15, 0.2) is 5.82 Å². The van der Waals surface area contributed by atoms with Gasteiger partial charge in [-0.25, -0.2) is 4.57 Å². The zero-order chi connectivity index (χ0) is 30.2. The predicted molar refractivity (Wildman–Crippen MR) is 153 cm³/mol. The maximum atomic E-state index is 12.9. The summed E-state index contributed by atoms with van der Waals surface area (Å²) in [5, 5.41) is 39.1. The number of rotatable bonds is 7. The highest BCUT2D eigenvalue weighted by atomic mass is 32.2. The number of benzene rings is 3. The van der Waals surface area contributed by atoms with E-state index < -0.39 is 10.1 Å². The second kappa shape index (κ2) is 11.4. The highest BCUT2D eigenvalue weighted by Crippen LogP contribution is 2.38. The number of phenols is 2. The SMILES string of the molecule is CC(C)c1cc(-c2nnc(O)n2-c2ccc(CN3CCN(C(=O)c4ccc(S(=O)(=O)O)cc4)CC3)cc2)c(O)cc1O. The second-order valence-corrected chi connectivity index (χ2v) is 11.9. The topological polar surface area (TPSA) is 169 Å². The van der Waals surface area contributed by atoms with Crippen LogP contribution in [-0.4, -0.2) is 84.9 Å². The number of phenolic OH excluding ortho intramolecular Hbond substituents is 2. The molecule has 3 aromatic carbocycles. The van der Waals surface area contributed by atoms with Crippen LogP contribution in [0.15, 0.2) is 65.6 Å². The number of nitrogens with zero attached hydrogens (tertiary/aromatic N) is 5. The summed E-state index contributed by atoms with van der Waals surface area (Å²) in [7, 11) is -4.32. The lowest BCUT2D eigenvalue weighted by molar-refractivity contribution is 0.0628. The molecule has 2 heterocycles. The van der Waals surface area contributed by atoms with Gasteiger partial charge in [-0.1, -0.05) is 31.1 Å². The van der Waals surface area contributed by atoms with Gasteiger partial charge >= 0.3 is 6.01 Å². The van der Waals surface area contributed by atoms with E-state index >= 15 is 0 Å². The Labute approximate surface area is 242 Å². The maximum Gasteiger partial charge on any atom is 0.319 e. The molecule has 0 atom stereocenters. The molecule has 0 radical (unpaired) electrons. The average molecular weight is 594 g/mol. The van der Waals surface area contributed by atoms with Crippen molar-refractivity contribution in [1.29, 1.82) is 0 Å². The van der Waals surface area contributed by atoms with Gasteiger partial charge in [-0.2, -0.15) is 8.42 Å². The molecule has 0 aliphatic carbocycles. The van der Waals surface area contributed by atoms with Crippen molar-refractivity contribution < 1.29 is 33.1 Å². The molecule has 1 saturated heterocycles. The number of piperazine rings is 1. The van der Waals surface area contributed by atoms with Gasteiger partial charge in [0.1, 0.15) is 11.5 Å². The summed E-state index contributed by atoms with van der Waals surface area (Å²) in [6.07, 6.45) is 0. The number of hydrogen-bond acceptors (Lipinski definition) is 9. The van der Waals surface area contributed by atoms with Crippen LogP contribution in [0.4, 0.5) is 0 Å². The van der Waals surface area contributed by atoms with Crippen molar-refractivity contribution in [3.05, 3.63) is 77.4 Å². The van der Waals surface area contributed by atoms with Crippen LogP contribution in [0.25, 0.3) is 17.1 Å². The van der Waals surface area contributed by atoms with Crippen molar-refractivity contribution in [2.45, 2.75) is 31.2 Å². The first-order valence-electron chi connectivity index (χ1n) is 13.3. The first-order chi connectivity index (χ1) is 19.9. The molecule has 1 fully saturated rings. The fraction of sp³-hybridized carbons (Fsp3) is 0.276. The zero-order valence-corrected chi connectivity index (χ0v) is 23.9. The fourth-order valence-corrected chi connectivity index (χ4v) is 5.47. The standard InChI is InChI=1S/C29H31N5O7S/c1-18(2)23-15-24(26(36)16-25(23)35)27-30-31-29(38)34(27)21-7-3-19(4-8-21)17-32-11-13-33(14-12-32)28(37)20-5-9-22(10-6-20)42(39,40)41/h3-10,15-16,18,35-36H,11-14,17H2,1-2H3,(H,31,38)(H,39,40,41). The van der Waals surface area contributed by atoms with E-state index in [1.807, 2.05) is 38.1 Å². The minimum absolute atomic E-state index is 0.00635. The normalized spacial score (nSPS) is 14.4. The minimum Gasteiger partial charge on any atom is -0.508 e. The van der Waals surface area contributed by atoms with E-state index in [1.165, 1.54) is 34.9 Å². The molecular formula is C29H31N5O7S. The van der Waals surface area contributed by atoms with Crippen LogP contribution >= 0.6 is 0 Å². The van der Waals surface area contributed by atoms with E-state index in [1.54, 1.807) is 11.0 Å². The Morgan fingerprint density at radius 2 is 1.52 bits per heavy atom. The average Bonchev–Trinajstić information content (AvgIpc) is 3.33. The van der Waals surface area contributed by atoms with Crippen molar-refractivity contribution in [3.8, 4) is 34.6 Å². The molecule has 1 aliphatic heterocycles. The van der Waals surface area contributed by atoms with E-state index in [0.717, 1.165) is 5.56 Å². The van der Waals surface area contributed by atoms with Gasteiger partial charge in [-0.3, -0.25) is 14.2 Å². The Bertz CT molecular complexity index is 1710. The fourth-order valence-electron chi connectivity index (χ4n) is 4.99. The van der Waals surface area contributed by atoms with Gasteiger partial charge in [0, 0.05) is 44.4 Å². The van der Waals surface area contributed by atoms with Gasteiger partial charge in [0.05, 0.1) is 16.1 Å². The molecule has 13 heteroatoms. The van der Waals surface area contributed by atoms with Crippen LogP contribution in [0.5, 0.6) is 17.5 Å². The lowest BCUT2D eigenvalue weighted by atomic mass is 9.98. The predicted octanol–water partition coefficient (Wildman–Crippen LogP) is 3.38. The molecule has 0 unspecified atom stereocenters. The van der Waals surface area contributed by atoms with Crippen molar-refractivity contribution in [3.63, 3.8) is 0 Å². The van der Waals surface area contributed by atoms with E-state index in [9.17, 15) is 28.5 Å². The lowest BCUT2D eigenvalue weighted by Crippen LogP contribution is -2.48. The van der Waals surface area contributed by atoms with Crippen molar-refractivity contribution in [2.24, 2.45) is 0 Å². The van der Waals surface area contributed by atoms with Crippen molar-refractivity contribution >= 4 is 16.0 Å². The highest BCUT2D eigenvalue weighted by Gasteiger charge is 2.24. The summed E-state index contributed by atoms with van der Waals surface area (Å²) < 4.78 is 33.0. The molecule has 1 amide bonds. The van der Waals surface area contributed by atoms with Crippen LogP contribution in [0.1, 0.15) is 41.3 Å². The third-order valence-corrected chi connectivity index (χ3v) is 8.18. The Kier molecular flexibility index (Phi) is 7.91. The van der Waals surface area contributed by atoms with E-state index in [2.05, 4.69) is 15.1 Å². The van der Waals surface area contributed by atoms with Gasteiger partial charge < -0.3 is 20.2 Å². The molecule has 1 aliphatic rings. The molecule has 5 rings (SSSR count). The summed E-state index contributed by atoms with van der Waals surface area (Å²) in [5.74, 6) is -0.188. The van der Waals surface area contributed by atoms with E-state index in [-0.39, 0.29) is 40.1 Å². The molecule has 4 N–H and O–H groups in total. The molecule has 1 aromatic heterocycles. The Morgan fingerprint density at radius 1 is 0.881 bits per heavy atom. The van der Waals surface area contributed by atoms with Crippen LogP contribution in [0, 0.1) is 0 Å². The van der Waals surface area contributed by atoms with Gasteiger partial charge in [-0.15, -0.1) is 5.10 Å². The molecular weight excluding hydrogens is 562 g/mol. The summed E-state index contributed by atoms with van der Waals surface area (Å²) in [6.45, 7) is 6.77. The first-order valence-corrected chi connectivity index (χ1v) is 14.8. The maximum absolute atomic E-state index is 12.9. The molecule has 0 bridgehead atoms. The molecule has 4 aromatic rings. The third kappa shape index (κ3) is 5.93. The molecule has 12 nitrogen and oxygen atoms in total. The highest BCUT2D eigenvalue weighted by molar-refractivity contribution is 7.85. The van der Waals surface area contributed by atoms with Gasteiger partial charge in [-0.05, 0) is 59.5 Å². The Balaban J connectivity index is 1.25. The van der Waals surface area contributed by atoms with Gasteiger partial charge in [0.2, 0.25) is 0 Å². The van der Waals surface area contributed by atoms with Crippen LogP contribution < -0.4 is 0 Å². The number of amides is 1. The third-order valence-electron chi connectivity index (χ3n) is 7.31. The van der Waals surface area contributed by atoms with Crippen LogP contribution in [0.3, 0.4) is 0 Å². The number of aromatic hydroxyl groups is 3. The second-order valence-electron chi connectivity index (χ2n) is 10.5. The van der Waals surface area contributed by atoms with E-state index in [4.69, 9.17) is 4.55 Å². The molecule has 42 heavy (non-hydrogen) atoms. The zero-order valence-electron chi connectivity index (χ0n) is 23.0. The van der Waals surface area contributed by atoms with Crippen molar-refractivity contribution in [1.82, 2.24) is 24.6 Å². The summed E-state index contributed by atoms with van der Waals surface area (Å²) in [6, 6.07) is 15.2. The number of carbonyl (C=O) groups is 1. The summed E-state index contributed by atoms with van der Waals surface area (Å²) in [4.78, 5) is 16.5. The van der Waals surface area contributed by atoms with Crippen molar-refractivity contribution in [2.75, 3.05) is 26.2 Å². The Hall–Kier alpha value is -4.46. The van der Waals surface area contributed by atoms with E-state index in [0.29, 0.717) is 55.1 Å². The summed E-state index contributed by atoms with van der Waals surface area (Å²) >= 11 is 0. The van der Waals surface area contributed by atoms with Crippen LogP contribution in [-0.2, 0) is 16.7 Å². The van der Waals surface area contributed by atoms with Crippen LogP contribution in [0.2, 0.25) is 0 Å². The smallest absolute Gasteiger partial charge is 0.319 e. The number of aromatic nitrogens is 3. The quantitative estimate of drug-likeness (QED) is 0.233. The summed E-state index contributed by atoms with van der Waals surface area (Å²) in [5.41, 5.74) is 2.91. The Morgan fingerprint density at radius 3 is 2.12 bits per heavy atom. The number of hydrogen-bond donors (Lipinski definition) is 4. The minimum atomic E-state index is -4.32. The lowest BCUT2D eigenvalue weighted by Gasteiger charge is -2.34. The first kappa shape index (κ1) is 29.0. The van der Waals surface area contributed by atoms with Gasteiger partial charge in [0.25, 0.3) is 16.0 Å². The monoisotopic (exact) mass is 593 g/mol. The molecule has 220 valence electrons.